The molecule has 0 amide bonds. The lowest BCUT2D eigenvalue weighted by Crippen LogP contribution is -2.04. The normalized spacial score (nSPS) is 9.14. The van der Waals surface area contributed by atoms with Crippen molar-refractivity contribution < 1.29 is 4.74 Å². The van der Waals surface area contributed by atoms with Crippen LogP contribution in [0.5, 0.6) is 5.88 Å². The smallest absolute Gasteiger partial charge is 0.225 e. The third-order valence-corrected chi connectivity index (χ3v) is 1.47. The summed E-state index contributed by atoms with van der Waals surface area (Å²) in [6.07, 6.45) is 5.62. The Hall–Kier alpha value is -1.96. The van der Waals surface area contributed by atoms with Gasteiger partial charge in [-0.05, 0) is 0 Å². The highest BCUT2D eigenvalue weighted by atomic mass is 16.5. The summed E-state index contributed by atoms with van der Waals surface area (Å²) in [7, 11) is 1.74. The fraction of sp³-hybridized carbons (Fsp3) is 0.333. The summed E-state index contributed by atoms with van der Waals surface area (Å²) in [5.41, 5.74) is 5.46. The van der Waals surface area contributed by atoms with E-state index in [1.54, 1.807) is 13.1 Å². The van der Waals surface area contributed by atoms with Gasteiger partial charge in [0, 0.05) is 19.5 Å². The van der Waals surface area contributed by atoms with E-state index in [1.807, 2.05) is 0 Å². The summed E-state index contributed by atoms with van der Waals surface area (Å²) < 4.78 is 5.26. The van der Waals surface area contributed by atoms with Gasteiger partial charge in [0.05, 0.1) is 0 Å². The number of hydrogen-bond acceptors (Lipinski definition) is 5. The van der Waals surface area contributed by atoms with E-state index in [2.05, 4.69) is 21.2 Å². The molecule has 1 aromatic rings. The van der Waals surface area contributed by atoms with Gasteiger partial charge in [-0.1, -0.05) is 0 Å². The molecule has 1 rings (SSSR count). The number of aromatic nitrogens is 2. The predicted octanol–water partition coefficient (Wildman–Crippen LogP) is 0.503. The predicted molar refractivity (Wildman–Crippen MR) is 54.9 cm³/mol. The molecular weight excluding hydrogens is 180 g/mol. The highest BCUT2D eigenvalue weighted by Gasteiger charge is 2.00. The van der Waals surface area contributed by atoms with Gasteiger partial charge in [0.25, 0.3) is 0 Å². The first-order valence-corrected chi connectivity index (χ1v) is 4.15. The topological polar surface area (TPSA) is 73.1 Å². The van der Waals surface area contributed by atoms with Crippen molar-refractivity contribution >= 4 is 11.8 Å². The third-order valence-electron chi connectivity index (χ3n) is 1.47. The Morgan fingerprint density at radius 3 is 3.07 bits per heavy atom. The van der Waals surface area contributed by atoms with Crippen LogP contribution < -0.4 is 15.8 Å². The van der Waals surface area contributed by atoms with Gasteiger partial charge in [0.2, 0.25) is 11.8 Å². The molecule has 0 saturated carbocycles. The Labute approximate surface area is 82.7 Å². The molecule has 0 bridgehead atoms. The second-order valence-corrected chi connectivity index (χ2v) is 2.50. The maximum absolute atomic E-state index is 5.46. The number of rotatable bonds is 4. The zero-order chi connectivity index (χ0) is 10.4. The van der Waals surface area contributed by atoms with E-state index in [4.69, 9.17) is 16.9 Å². The van der Waals surface area contributed by atoms with E-state index in [0.717, 1.165) is 0 Å². The highest BCUT2D eigenvalue weighted by molar-refractivity contribution is 5.42. The fourth-order valence-electron chi connectivity index (χ4n) is 0.859. The first kappa shape index (κ1) is 10.1. The number of nitrogen functional groups attached to an aromatic ring is 1. The zero-order valence-corrected chi connectivity index (χ0v) is 7.95. The molecule has 0 aliphatic heterocycles. The number of terminal acetylenes is 1. The molecule has 0 atom stereocenters. The maximum atomic E-state index is 5.46. The van der Waals surface area contributed by atoms with Crippen LogP contribution in [0.2, 0.25) is 0 Å². The highest BCUT2D eigenvalue weighted by Crippen LogP contribution is 2.13. The van der Waals surface area contributed by atoms with E-state index in [-0.39, 0.29) is 5.95 Å². The van der Waals surface area contributed by atoms with E-state index >= 15 is 0 Å². The van der Waals surface area contributed by atoms with Crippen molar-refractivity contribution in [1.82, 2.24) is 9.97 Å². The van der Waals surface area contributed by atoms with Gasteiger partial charge >= 0.3 is 0 Å². The molecule has 74 valence electrons. The Morgan fingerprint density at radius 1 is 1.64 bits per heavy atom. The number of nitrogens with two attached hydrogens (primary N) is 1. The maximum Gasteiger partial charge on any atom is 0.225 e. The minimum absolute atomic E-state index is 0.174. The Kier molecular flexibility index (Phi) is 3.56. The largest absolute Gasteiger partial charge is 0.476 e. The molecule has 5 nitrogen and oxygen atoms in total. The van der Waals surface area contributed by atoms with E-state index in [0.29, 0.717) is 24.7 Å². The summed E-state index contributed by atoms with van der Waals surface area (Å²) in [5, 5.41) is 2.85. The molecular formula is C9H12N4O. The Bertz CT molecular complexity index is 345. The first-order valence-electron chi connectivity index (χ1n) is 4.15. The third kappa shape index (κ3) is 2.83. The van der Waals surface area contributed by atoms with Crippen LogP contribution in [-0.2, 0) is 0 Å². The lowest BCUT2D eigenvalue weighted by Gasteiger charge is -2.05. The molecule has 0 aliphatic rings. The molecule has 14 heavy (non-hydrogen) atoms. The van der Waals surface area contributed by atoms with Crippen molar-refractivity contribution in [2.45, 2.75) is 6.42 Å². The van der Waals surface area contributed by atoms with E-state index in [1.165, 1.54) is 0 Å². The molecule has 0 unspecified atom stereocenters. The summed E-state index contributed by atoms with van der Waals surface area (Å²) in [4.78, 5) is 7.81. The van der Waals surface area contributed by atoms with Crippen LogP contribution in [0.4, 0.5) is 11.8 Å². The van der Waals surface area contributed by atoms with Crippen molar-refractivity contribution in [1.29, 1.82) is 0 Å². The molecule has 0 radical (unpaired) electrons. The van der Waals surface area contributed by atoms with Gasteiger partial charge in [-0.15, -0.1) is 12.3 Å². The van der Waals surface area contributed by atoms with Crippen LogP contribution in [0.25, 0.3) is 0 Å². The number of nitrogens with zero attached hydrogens (tertiary/aromatic N) is 2. The Morgan fingerprint density at radius 2 is 2.43 bits per heavy atom. The van der Waals surface area contributed by atoms with Crippen molar-refractivity contribution in [2.24, 2.45) is 0 Å². The van der Waals surface area contributed by atoms with Crippen molar-refractivity contribution in [3.05, 3.63) is 6.07 Å². The first-order chi connectivity index (χ1) is 6.76. The van der Waals surface area contributed by atoms with Crippen LogP contribution >= 0.6 is 0 Å². The number of hydrogen-bond donors (Lipinski definition) is 2. The molecule has 0 aromatic carbocycles. The Balaban J connectivity index is 2.67. The number of ether oxygens (including phenoxy) is 1. The van der Waals surface area contributed by atoms with Crippen LogP contribution in [0, 0.1) is 12.3 Å². The minimum atomic E-state index is 0.174. The molecule has 3 N–H and O–H groups in total. The molecule has 0 aliphatic carbocycles. The average molecular weight is 192 g/mol. The van der Waals surface area contributed by atoms with Crippen LogP contribution in [0.15, 0.2) is 6.07 Å². The summed E-state index contributed by atoms with van der Waals surface area (Å²) in [5.74, 6) is 3.69. The molecule has 0 fully saturated rings. The number of nitrogens with one attached hydrogen (secondary N) is 1. The SMILES string of the molecule is C#CCCOc1cc(NC)nc(N)n1. The lowest BCUT2D eigenvalue weighted by molar-refractivity contribution is 0.314. The number of anilines is 2. The minimum Gasteiger partial charge on any atom is -0.476 e. The van der Waals surface area contributed by atoms with Gasteiger partial charge in [-0.3, -0.25) is 0 Å². The van der Waals surface area contributed by atoms with Crippen molar-refractivity contribution in [3.8, 4) is 18.2 Å². The monoisotopic (exact) mass is 192 g/mol. The van der Waals surface area contributed by atoms with Gasteiger partial charge in [0.1, 0.15) is 12.4 Å². The average Bonchev–Trinajstić information content (AvgIpc) is 2.17. The second-order valence-electron chi connectivity index (χ2n) is 2.50. The van der Waals surface area contributed by atoms with Crippen LogP contribution in [-0.4, -0.2) is 23.6 Å². The van der Waals surface area contributed by atoms with Gasteiger partial charge in [-0.25, -0.2) is 0 Å². The fourth-order valence-corrected chi connectivity index (χ4v) is 0.859. The van der Waals surface area contributed by atoms with Gasteiger partial charge < -0.3 is 15.8 Å². The second kappa shape index (κ2) is 4.92. The summed E-state index contributed by atoms with van der Waals surface area (Å²) in [6.45, 7) is 0.427. The molecule has 0 saturated heterocycles. The molecule has 1 aromatic heterocycles. The standard InChI is InChI=1S/C9H12N4O/c1-3-4-5-14-8-6-7(11-2)12-9(10)13-8/h1,6H,4-5H2,2H3,(H3,10,11,12,13). The molecule has 0 spiro atoms. The summed E-state index contributed by atoms with van der Waals surface area (Å²) in [6, 6.07) is 1.66. The van der Waals surface area contributed by atoms with E-state index < -0.39 is 0 Å². The van der Waals surface area contributed by atoms with E-state index in [9.17, 15) is 0 Å². The van der Waals surface area contributed by atoms with Crippen molar-refractivity contribution in [2.75, 3.05) is 24.7 Å². The lowest BCUT2D eigenvalue weighted by atomic mass is 10.5. The van der Waals surface area contributed by atoms with Crippen LogP contribution in [0.3, 0.4) is 0 Å². The molecule has 5 heteroatoms. The van der Waals surface area contributed by atoms with Crippen molar-refractivity contribution in [3.63, 3.8) is 0 Å². The van der Waals surface area contributed by atoms with Gasteiger partial charge in [-0.2, -0.15) is 9.97 Å². The van der Waals surface area contributed by atoms with Gasteiger partial charge in [0.15, 0.2) is 0 Å². The molecule has 1 heterocycles. The van der Waals surface area contributed by atoms with Crippen LogP contribution in [0.1, 0.15) is 6.42 Å². The summed E-state index contributed by atoms with van der Waals surface area (Å²) >= 11 is 0. The quantitative estimate of drug-likeness (QED) is 0.537. The zero-order valence-electron chi connectivity index (χ0n) is 7.95.